The van der Waals surface area contributed by atoms with Crippen molar-refractivity contribution in [3.05, 3.63) is 101 Å². The molecule has 0 saturated heterocycles. The summed E-state index contributed by atoms with van der Waals surface area (Å²) in [5.41, 5.74) is 1.65. The molecule has 0 fully saturated rings. The second kappa shape index (κ2) is 9.73. The van der Waals surface area contributed by atoms with Gasteiger partial charge in [-0.3, -0.25) is 14.5 Å². The quantitative estimate of drug-likeness (QED) is 0.597. The number of hydrogen-bond acceptors (Lipinski definition) is 2. The highest BCUT2D eigenvalue weighted by Gasteiger charge is 2.32. The van der Waals surface area contributed by atoms with Crippen molar-refractivity contribution < 1.29 is 14.0 Å². The summed E-state index contributed by atoms with van der Waals surface area (Å²) in [5.74, 6) is 0.420. The molecule has 3 aromatic carbocycles. The van der Waals surface area contributed by atoms with E-state index in [4.69, 9.17) is 18.0 Å². The first-order valence-electron chi connectivity index (χ1n) is 9.12. The lowest BCUT2D eigenvalue weighted by Gasteiger charge is -2.30. The second-order valence-electron chi connectivity index (χ2n) is 6.46. The number of carbonyl (C=O) groups excluding carboxylic acids is 2. The van der Waals surface area contributed by atoms with Gasteiger partial charge in [0.1, 0.15) is 11.9 Å². The number of nitrogens with one attached hydrogen (secondary N) is 1. The molecular formula is C24H18ClFN2O2. The molecule has 1 N–H and O–H groups in total. The molecule has 150 valence electrons. The minimum Gasteiger partial charge on any atom is -0.350 e. The van der Waals surface area contributed by atoms with Gasteiger partial charge in [0.2, 0.25) is 5.91 Å². The molecule has 3 rings (SSSR count). The number of nitrogens with zero attached hydrogens (tertiary/aromatic N) is 1. The molecule has 2 amide bonds. The van der Waals surface area contributed by atoms with E-state index in [0.717, 1.165) is 5.56 Å². The molecule has 3 aromatic rings. The summed E-state index contributed by atoms with van der Waals surface area (Å²) in [5, 5.41) is 3.21. The summed E-state index contributed by atoms with van der Waals surface area (Å²) >= 11 is 6.09. The van der Waals surface area contributed by atoms with E-state index in [9.17, 15) is 14.0 Å². The van der Waals surface area contributed by atoms with Crippen molar-refractivity contribution in [3.63, 3.8) is 0 Å². The van der Waals surface area contributed by atoms with Gasteiger partial charge in [-0.25, -0.2) is 4.39 Å². The zero-order valence-electron chi connectivity index (χ0n) is 15.9. The van der Waals surface area contributed by atoms with Crippen molar-refractivity contribution in [1.82, 2.24) is 5.32 Å². The molecule has 0 aliphatic rings. The third-order valence-corrected chi connectivity index (χ3v) is 4.67. The summed E-state index contributed by atoms with van der Waals surface area (Å²) < 4.78 is 13.5. The lowest BCUT2D eigenvalue weighted by molar-refractivity contribution is -0.125. The molecule has 0 aromatic heterocycles. The number of amides is 2. The van der Waals surface area contributed by atoms with Crippen LogP contribution in [0.25, 0.3) is 0 Å². The maximum Gasteiger partial charge on any atom is 0.303 e. The van der Waals surface area contributed by atoms with Crippen LogP contribution < -0.4 is 10.2 Å². The van der Waals surface area contributed by atoms with Crippen LogP contribution in [0.1, 0.15) is 17.2 Å². The topological polar surface area (TPSA) is 49.4 Å². The maximum atomic E-state index is 13.5. The molecule has 1 atom stereocenters. The molecule has 1 unspecified atom stereocenters. The average Bonchev–Trinajstić information content (AvgIpc) is 2.77. The SMILES string of the molecule is C#CC(=O)N(c1cccc(Cl)c1)C(C(=O)NCc1ccccc1)c1ccc(F)cc1. The van der Waals surface area contributed by atoms with Crippen LogP contribution in [0.5, 0.6) is 0 Å². The zero-order valence-corrected chi connectivity index (χ0v) is 16.6. The molecule has 0 saturated carbocycles. The molecule has 30 heavy (non-hydrogen) atoms. The van der Waals surface area contributed by atoms with E-state index in [1.165, 1.54) is 35.2 Å². The second-order valence-corrected chi connectivity index (χ2v) is 6.89. The Morgan fingerprint density at radius 1 is 1.03 bits per heavy atom. The predicted molar refractivity (Wildman–Crippen MR) is 115 cm³/mol. The first kappa shape index (κ1) is 21.1. The van der Waals surface area contributed by atoms with E-state index >= 15 is 0 Å². The van der Waals surface area contributed by atoms with Gasteiger partial charge in [-0.1, -0.05) is 60.1 Å². The van der Waals surface area contributed by atoms with E-state index in [1.54, 1.807) is 18.2 Å². The third kappa shape index (κ3) is 5.05. The average molecular weight is 421 g/mol. The fraction of sp³-hybridized carbons (Fsp3) is 0.0833. The molecule has 0 heterocycles. The number of terminal acetylenes is 1. The first-order valence-corrected chi connectivity index (χ1v) is 9.50. The lowest BCUT2D eigenvalue weighted by Crippen LogP contribution is -2.43. The zero-order chi connectivity index (χ0) is 21.5. The van der Waals surface area contributed by atoms with Gasteiger partial charge < -0.3 is 5.32 Å². The number of halogens is 2. The van der Waals surface area contributed by atoms with Crippen molar-refractivity contribution in [2.24, 2.45) is 0 Å². The molecular weight excluding hydrogens is 403 g/mol. The van der Waals surface area contributed by atoms with E-state index in [2.05, 4.69) is 11.2 Å². The van der Waals surface area contributed by atoms with E-state index in [0.29, 0.717) is 16.3 Å². The molecule has 0 bridgehead atoms. The summed E-state index contributed by atoms with van der Waals surface area (Å²) in [6, 6.07) is 20.0. The summed E-state index contributed by atoms with van der Waals surface area (Å²) in [7, 11) is 0. The Hall–Kier alpha value is -3.62. The maximum absolute atomic E-state index is 13.5. The minimum atomic E-state index is -1.11. The van der Waals surface area contributed by atoms with Gasteiger partial charge in [0.25, 0.3) is 0 Å². The smallest absolute Gasteiger partial charge is 0.303 e. The molecule has 0 aliphatic carbocycles. The van der Waals surface area contributed by atoms with E-state index in [-0.39, 0.29) is 6.54 Å². The highest BCUT2D eigenvalue weighted by atomic mass is 35.5. The van der Waals surface area contributed by atoms with Crippen LogP contribution >= 0.6 is 11.6 Å². The largest absolute Gasteiger partial charge is 0.350 e. The van der Waals surface area contributed by atoms with Crippen LogP contribution in [0.15, 0.2) is 78.9 Å². The van der Waals surface area contributed by atoms with Crippen molar-refractivity contribution in [3.8, 4) is 12.3 Å². The Morgan fingerprint density at radius 2 is 1.73 bits per heavy atom. The summed E-state index contributed by atoms with van der Waals surface area (Å²) in [6.45, 7) is 0.255. The van der Waals surface area contributed by atoms with Crippen molar-refractivity contribution in [2.75, 3.05) is 4.90 Å². The predicted octanol–water partition coefficient (Wildman–Crippen LogP) is 4.50. The van der Waals surface area contributed by atoms with Crippen LogP contribution in [0.2, 0.25) is 5.02 Å². The van der Waals surface area contributed by atoms with Crippen molar-refractivity contribution in [2.45, 2.75) is 12.6 Å². The van der Waals surface area contributed by atoms with Gasteiger partial charge in [-0.05, 0) is 47.4 Å². The number of carbonyl (C=O) groups is 2. The third-order valence-electron chi connectivity index (χ3n) is 4.43. The number of benzene rings is 3. The van der Waals surface area contributed by atoms with Gasteiger partial charge in [-0.2, -0.15) is 0 Å². The Balaban J connectivity index is 2.02. The molecule has 0 aliphatic heterocycles. The number of anilines is 1. The number of rotatable bonds is 6. The van der Waals surface area contributed by atoms with Gasteiger partial charge >= 0.3 is 5.91 Å². The Bertz CT molecular complexity index is 1080. The summed E-state index contributed by atoms with van der Waals surface area (Å²) in [4.78, 5) is 27.1. The molecule has 6 heteroatoms. The van der Waals surface area contributed by atoms with Gasteiger partial charge in [0, 0.05) is 17.3 Å². The summed E-state index contributed by atoms with van der Waals surface area (Å²) in [6.07, 6.45) is 5.39. The fourth-order valence-electron chi connectivity index (χ4n) is 3.02. The van der Waals surface area contributed by atoms with Crippen LogP contribution in [-0.2, 0) is 16.1 Å². The Labute approximate surface area is 179 Å². The fourth-order valence-corrected chi connectivity index (χ4v) is 3.21. The van der Waals surface area contributed by atoms with Gasteiger partial charge in [0.05, 0.1) is 0 Å². The van der Waals surface area contributed by atoms with Gasteiger partial charge in [0.15, 0.2) is 0 Å². The van der Waals surface area contributed by atoms with Crippen LogP contribution in [0, 0.1) is 18.2 Å². The van der Waals surface area contributed by atoms with E-state index in [1.807, 2.05) is 30.3 Å². The molecule has 4 nitrogen and oxygen atoms in total. The highest BCUT2D eigenvalue weighted by molar-refractivity contribution is 6.31. The Morgan fingerprint density at radius 3 is 2.37 bits per heavy atom. The van der Waals surface area contributed by atoms with E-state index < -0.39 is 23.7 Å². The van der Waals surface area contributed by atoms with Crippen LogP contribution in [0.3, 0.4) is 0 Å². The monoisotopic (exact) mass is 420 g/mol. The molecule has 0 radical (unpaired) electrons. The normalized spacial score (nSPS) is 11.2. The van der Waals surface area contributed by atoms with Crippen LogP contribution in [0.4, 0.5) is 10.1 Å². The minimum absolute atomic E-state index is 0.255. The Kier molecular flexibility index (Phi) is 6.84. The van der Waals surface area contributed by atoms with Crippen molar-refractivity contribution in [1.29, 1.82) is 0 Å². The van der Waals surface area contributed by atoms with Crippen molar-refractivity contribution >= 4 is 29.1 Å². The van der Waals surface area contributed by atoms with Gasteiger partial charge in [-0.15, -0.1) is 6.42 Å². The standard InChI is InChI=1S/C24H18ClFN2O2/c1-2-22(29)28(21-10-6-9-19(25)15-21)23(18-11-13-20(26)14-12-18)24(30)27-16-17-7-4-3-5-8-17/h1,3-15,23H,16H2,(H,27,30). The lowest BCUT2D eigenvalue weighted by atomic mass is 10.0. The highest BCUT2D eigenvalue weighted by Crippen LogP contribution is 2.30. The first-order chi connectivity index (χ1) is 14.5. The number of hydrogen-bond donors (Lipinski definition) is 1. The molecule has 0 spiro atoms. The van der Waals surface area contributed by atoms with Crippen LogP contribution in [-0.4, -0.2) is 11.8 Å².